The SMILES string of the molecule is CC(C)Cc1cc(C(=O)N2CCC(F)(F)C(N)C2)n(C)n1. The molecule has 1 aliphatic heterocycles. The fourth-order valence-corrected chi connectivity index (χ4v) is 2.52. The third-order valence-electron chi connectivity index (χ3n) is 3.73. The summed E-state index contributed by atoms with van der Waals surface area (Å²) in [7, 11) is 1.69. The van der Waals surface area contributed by atoms with Gasteiger partial charge in [0.2, 0.25) is 0 Å². The van der Waals surface area contributed by atoms with Crippen LogP contribution in [0.25, 0.3) is 0 Å². The molecule has 1 atom stereocenters. The molecule has 1 unspecified atom stereocenters. The normalized spacial score (nSPS) is 21.9. The predicted octanol–water partition coefficient (Wildman–Crippen LogP) is 1.43. The van der Waals surface area contributed by atoms with Crippen LogP contribution in [0.1, 0.15) is 36.5 Å². The number of likely N-dealkylation sites (tertiary alicyclic amines) is 1. The fourth-order valence-electron chi connectivity index (χ4n) is 2.52. The molecule has 0 spiro atoms. The molecular formula is C14H22F2N4O. The Morgan fingerprint density at radius 1 is 1.57 bits per heavy atom. The van der Waals surface area contributed by atoms with E-state index < -0.39 is 18.4 Å². The Hall–Kier alpha value is -1.50. The third-order valence-corrected chi connectivity index (χ3v) is 3.73. The van der Waals surface area contributed by atoms with Gasteiger partial charge in [-0.3, -0.25) is 9.48 Å². The van der Waals surface area contributed by atoms with E-state index in [0.29, 0.717) is 11.6 Å². The first-order valence-corrected chi connectivity index (χ1v) is 7.16. The number of carbonyl (C=O) groups is 1. The van der Waals surface area contributed by atoms with Gasteiger partial charge in [-0.05, 0) is 18.4 Å². The van der Waals surface area contributed by atoms with Crippen LogP contribution in [0.3, 0.4) is 0 Å². The van der Waals surface area contributed by atoms with Crippen molar-refractivity contribution in [3.05, 3.63) is 17.5 Å². The highest BCUT2D eigenvalue weighted by Crippen LogP contribution is 2.27. The van der Waals surface area contributed by atoms with Gasteiger partial charge in [0.25, 0.3) is 11.8 Å². The molecule has 1 saturated heterocycles. The highest BCUT2D eigenvalue weighted by atomic mass is 19.3. The van der Waals surface area contributed by atoms with E-state index in [2.05, 4.69) is 18.9 Å². The summed E-state index contributed by atoms with van der Waals surface area (Å²) < 4.78 is 28.3. The maximum absolute atomic E-state index is 13.4. The number of hydrogen-bond donors (Lipinski definition) is 1. The third kappa shape index (κ3) is 3.40. The fraction of sp³-hybridized carbons (Fsp3) is 0.714. The van der Waals surface area contributed by atoms with Crippen LogP contribution in [-0.4, -0.2) is 45.6 Å². The van der Waals surface area contributed by atoms with Gasteiger partial charge in [0.05, 0.1) is 11.7 Å². The summed E-state index contributed by atoms with van der Waals surface area (Å²) in [6, 6.07) is 0.430. The van der Waals surface area contributed by atoms with E-state index in [0.717, 1.165) is 12.1 Å². The van der Waals surface area contributed by atoms with Crippen molar-refractivity contribution in [3.63, 3.8) is 0 Å². The molecular weight excluding hydrogens is 278 g/mol. The molecule has 0 radical (unpaired) electrons. The Morgan fingerprint density at radius 2 is 2.24 bits per heavy atom. The second kappa shape index (κ2) is 5.71. The summed E-state index contributed by atoms with van der Waals surface area (Å²) >= 11 is 0. The molecule has 2 rings (SSSR count). The molecule has 2 heterocycles. The van der Waals surface area contributed by atoms with E-state index in [9.17, 15) is 13.6 Å². The van der Waals surface area contributed by atoms with E-state index >= 15 is 0 Å². The van der Waals surface area contributed by atoms with Gasteiger partial charge >= 0.3 is 0 Å². The summed E-state index contributed by atoms with van der Waals surface area (Å²) in [5.41, 5.74) is 6.72. The van der Waals surface area contributed by atoms with Gasteiger partial charge in [-0.1, -0.05) is 13.8 Å². The van der Waals surface area contributed by atoms with Gasteiger partial charge in [0, 0.05) is 26.6 Å². The smallest absolute Gasteiger partial charge is 0.272 e. The first kappa shape index (κ1) is 15.9. The zero-order valence-corrected chi connectivity index (χ0v) is 12.6. The Kier molecular flexibility index (Phi) is 4.32. The van der Waals surface area contributed by atoms with Crippen LogP contribution in [0.4, 0.5) is 8.78 Å². The van der Waals surface area contributed by atoms with Crippen molar-refractivity contribution < 1.29 is 13.6 Å². The standard InChI is InChI=1S/C14H22F2N4O/c1-9(2)6-10-7-11(19(3)18-10)13(21)20-5-4-14(15,16)12(17)8-20/h7,9,12H,4-6,8,17H2,1-3H3. The average molecular weight is 300 g/mol. The number of nitrogens with zero attached hydrogens (tertiary/aromatic N) is 3. The quantitative estimate of drug-likeness (QED) is 0.918. The Bertz CT molecular complexity index is 527. The van der Waals surface area contributed by atoms with Crippen LogP contribution in [0.5, 0.6) is 0 Å². The van der Waals surface area contributed by atoms with Gasteiger partial charge in [0.1, 0.15) is 5.69 Å². The number of alkyl halides is 2. The van der Waals surface area contributed by atoms with Crippen LogP contribution < -0.4 is 5.73 Å². The van der Waals surface area contributed by atoms with E-state index in [1.807, 2.05) is 0 Å². The van der Waals surface area contributed by atoms with Crippen molar-refractivity contribution in [2.24, 2.45) is 18.7 Å². The largest absolute Gasteiger partial charge is 0.335 e. The monoisotopic (exact) mass is 300 g/mol. The number of hydrogen-bond acceptors (Lipinski definition) is 3. The number of carbonyl (C=O) groups excluding carboxylic acids is 1. The summed E-state index contributed by atoms with van der Waals surface area (Å²) in [6.07, 6.45) is 0.384. The molecule has 1 aromatic rings. The van der Waals surface area contributed by atoms with Crippen LogP contribution in [0.2, 0.25) is 0 Å². The van der Waals surface area contributed by atoms with Crippen molar-refractivity contribution in [1.82, 2.24) is 14.7 Å². The molecule has 1 fully saturated rings. The van der Waals surface area contributed by atoms with E-state index in [1.165, 1.54) is 9.58 Å². The molecule has 1 aromatic heterocycles. The predicted molar refractivity (Wildman–Crippen MR) is 75.2 cm³/mol. The molecule has 7 heteroatoms. The lowest BCUT2D eigenvalue weighted by Gasteiger charge is -2.36. The van der Waals surface area contributed by atoms with Crippen LogP contribution in [0.15, 0.2) is 6.07 Å². The second-order valence-corrected chi connectivity index (χ2v) is 6.11. The minimum Gasteiger partial charge on any atom is -0.335 e. The number of halogens is 2. The zero-order chi connectivity index (χ0) is 15.8. The van der Waals surface area contributed by atoms with Crippen LogP contribution in [-0.2, 0) is 13.5 Å². The van der Waals surface area contributed by atoms with Crippen molar-refractivity contribution >= 4 is 5.91 Å². The van der Waals surface area contributed by atoms with Crippen molar-refractivity contribution in [3.8, 4) is 0 Å². The number of nitrogens with two attached hydrogens (primary N) is 1. The number of aryl methyl sites for hydroxylation is 1. The molecule has 2 N–H and O–H groups in total. The minimum absolute atomic E-state index is 0.0181. The van der Waals surface area contributed by atoms with Crippen LogP contribution in [0, 0.1) is 5.92 Å². The van der Waals surface area contributed by atoms with Crippen molar-refractivity contribution in [2.45, 2.75) is 38.7 Å². The molecule has 21 heavy (non-hydrogen) atoms. The lowest BCUT2D eigenvalue weighted by molar-refractivity contribution is -0.0664. The number of aromatic nitrogens is 2. The first-order chi connectivity index (χ1) is 9.70. The molecule has 1 aliphatic rings. The van der Waals surface area contributed by atoms with E-state index in [1.54, 1.807) is 13.1 Å². The van der Waals surface area contributed by atoms with E-state index in [4.69, 9.17) is 5.73 Å². The number of piperidine rings is 1. The summed E-state index contributed by atoms with van der Waals surface area (Å²) in [5, 5.41) is 4.30. The molecule has 118 valence electrons. The van der Waals surface area contributed by atoms with Gasteiger partial charge < -0.3 is 10.6 Å². The Labute approximate surface area is 123 Å². The topological polar surface area (TPSA) is 64.2 Å². The first-order valence-electron chi connectivity index (χ1n) is 7.16. The minimum atomic E-state index is -2.90. The summed E-state index contributed by atoms with van der Waals surface area (Å²) in [6.45, 7) is 4.03. The number of rotatable bonds is 3. The Balaban J connectivity index is 2.12. The maximum atomic E-state index is 13.4. The highest BCUT2D eigenvalue weighted by molar-refractivity contribution is 5.92. The lowest BCUT2D eigenvalue weighted by atomic mass is 10.0. The maximum Gasteiger partial charge on any atom is 0.272 e. The van der Waals surface area contributed by atoms with Gasteiger partial charge in [-0.25, -0.2) is 8.78 Å². The average Bonchev–Trinajstić information content (AvgIpc) is 2.72. The molecule has 0 aromatic carbocycles. The summed E-state index contributed by atoms with van der Waals surface area (Å²) in [4.78, 5) is 13.8. The van der Waals surface area contributed by atoms with Gasteiger partial charge in [0.15, 0.2) is 0 Å². The zero-order valence-electron chi connectivity index (χ0n) is 12.6. The summed E-state index contributed by atoms with van der Waals surface area (Å²) in [5.74, 6) is -2.75. The van der Waals surface area contributed by atoms with Gasteiger partial charge in [-0.2, -0.15) is 5.10 Å². The number of amides is 1. The second-order valence-electron chi connectivity index (χ2n) is 6.11. The van der Waals surface area contributed by atoms with Crippen molar-refractivity contribution in [1.29, 1.82) is 0 Å². The van der Waals surface area contributed by atoms with Crippen molar-refractivity contribution in [2.75, 3.05) is 13.1 Å². The molecule has 0 saturated carbocycles. The Morgan fingerprint density at radius 3 is 2.81 bits per heavy atom. The van der Waals surface area contributed by atoms with Crippen LogP contribution >= 0.6 is 0 Å². The lowest BCUT2D eigenvalue weighted by Crippen LogP contribution is -2.56. The molecule has 1 amide bonds. The van der Waals surface area contributed by atoms with E-state index in [-0.39, 0.29) is 19.0 Å². The highest BCUT2D eigenvalue weighted by Gasteiger charge is 2.43. The molecule has 5 nitrogen and oxygen atoms in total. The molecule has 0 bridgehead atoms. The molecule has 0 aliphatic carbocycles. The van der Waals surface area contributed by atoms with Gasteiger partial charge in [-0.15, -0.1) is 0 Å².